The van der Waals surface area contributed by atoms with Crippen LogP contribution in [0.3, 0.4) is 0 Å². The van der Waals surface area contributed by atoms with Crippen molar-refractivity contribution in [2.45, 2.75) is 18.4 Å². The lowest BCUT2D eigenvalue weighted by atomic mass is 9.91. The fraction of sp³-hybridized carbons (Fsp3) is 0.312. The SMILES string of the molecule is NC(=O)C1(O)CCN(C(=O)c2cncn2-c2ccccc2)CC1. The van der Waals surface area contributed by atoms with Gasteiger partial charge in [0.05, 0.1) is 12.5 Å². The van der Waals surface area contributed by atoms with Gasteiger partial charge in [-0.2, -0.15) is 0 Å². The van der Waals surface area contributed by atoms with E-state index in [1.165, 1.54) is 6.20 Å². The molecule has 2 heterocycles. The van der Waals surface area contributed by atoms with E-state index in [4.69, 9.17) is 5.73 Å². The molecule has 1 saturated heterocycles. The minimum atomic E-state index is -1.52. The number of hydrogen-bond acceptors (Lipinski definition) is 4. The smallest absolute Gasteiger partial charge is 0.272 e. The van der Waals surface area contributed by atoms with Crippen molar-refractivity contribution in [3.05, 3.63) is 48.5 Å². The van der Waals surface area contributed by atoms with Gasteiger partial charge in [0, 0.05) is 31.6 Å². The molecule has 0 aliphatic carbocycles. The quantitative estimate of drug-likeness (QED) is 0.852. The largest absolute Gasteiger partial charge is 0.380 e. The van der Waals surface area contributed by atoms with E-state index in [1.807, 2.05) is 30.3 Å². The Balaban J connectivity index is 1.78. The zero-order valence-corrected chi connectivity index (χ0v) is 12.6. The number of carbonyl (C=O) groups is 2. The highest BCUT2D eigenvalue weighted by atomic mass is 16.3. The Morgan fingerprint density at radius 1 is 1.17 bits per heavy atom. The summed E-state index contributed by atoms with van der Waals surface area (Å²) >= 11 is 0. The van der Waals surface area contributed by atoms with Gasteiger partial charge in [0.25, 0.3) is 5.91 Å². The first-order valence-electron chi connectivity index (χ1n) is 7.40. The summed E-state index contributed by atoms with van der Waals surface area (Å²) in [5, 5.41) is 10.1. The van der Waals surface area contributed by atoms with Gasteiger partial charge in [-0.05, 0) is 12.1 Å². The number of nitrogens with two attached hydrogens (primary N) is 1. The number of carbonyl (C=O) groups excluding carboxylic acids is 2. The fourth-order valence-corrected chi connectivity index (χ4v) is 2.74. The number of piperidine rings is 1. The monoisotopic (exact) mass is 314 g/mol. The number of imidazole rings is 1. The predicted molar refractivity (Wildman–Crippen MR) is 82.8 cm³/mol. The van der Waals surface area contributed by atoms with Gasteiger partial charge in [0.1, 0.15) is 11.3 Å². The Morgan fingerprint density at radius 2 is 1.83 bits per heavy atom. The molecule has 7 nitrogen and oxygen atoms in total. The summed E-state index contributed by atoms with van der Waals surface area (Å²) in [4.78, 5) is 29.6. The van der Waals surface area contributed by atoms with Crippen LogP contribution in [0.2, 0.25) is 0 Å². The number of nitrogens with zero attached hydrogens (tertiary/aromatic N) is 3. The third kappa shape index (κ3) is 2.83. The van der Waals surface area contributed by atoms with E-state index in [1.54, 1.807) is 15.8 Å². The summed E-state index contributed by atoms with van der Waals surface area (Å²) in [6, 6.07) is 9.45. The minimum absolute atomic E-state index is 0.146. The Hall–Kier alpha value is -2.67. The topological polar surface area (TPSA) is 101 Å². The summed E-state index contributed by atoms with van der Waals surface area (Å²) in [6.45, 7) is 0.552. The van der Waals surface area contributed by atoms with Crippen molar-refractivity contribution < 1.29 is 14.7 Å². The molecule has 1 fully saturated rings. The number of likely N-dealkylation sites (tertiary alicyclic amines) is 1. The van der Waals surface area contributed by atoms with Crippen LogP contribution < -0.4 is 5.73 Å². The van der Waals surface area contributed by atoms with Crippen LogP contribution in [0.25, 0.3) is 5.69 Å². The summed E-state index contributed by atoms with van der Waals surface area (Å²) in [6.07, 6.45) is 3.40. The summed E-state index contributed by atoms with van der Waals surface area (Å²) in [5.74, 6) is -0.920. The molecule has 1 aromatic carbocycles. The van der Waals surface area contributed by atoms with Crippen LogP contribution >= 0.6 is 0 Å². The van der Waals surface area contributed by atoms with Gasteiger partial charge in [0.2, 0.25) is 5.91 Å². The Morgan fingerprint density at radius 3 is 2.43 bits per heavy atom. The molecule has 1 aromatic heterocycles. The molecule has 0 saturated carbocycles. The molecule has 7 heteroatoms. The van der Waals surface area contributed by atoms with E-state index < -0.39 is 11.5 Å². The molecule has 23 heavy (non-hydrogen) atoms. The molecule has 0 spiro atoms. The highest BCUT2D eigenvalue weighted by Crippen LogP contribution is 2.23. The molecule has 3 rings (SSSR count). The zero-order chi connectivity index (χ0) is 16.4. The second-order valence-corrected chi connectivity index (χ2v) is 5.67. The Kier molecular flexibility index (Phi) is 3.87. The first-order valence-corrected chi connectivity index (χ1v) is 7.40. The molecule has 1 aliphatic rings. The summed E-state index contributed by atoms with van der Waals surface area (Å²) in [5.41, 5.74) is 4.99. The number of aromatic nitrogens is 2. The Labute approximate surface area is 133 Å². The van der Waals surface area contributed by atoms with Gasteiger partial charge < -0.3 is 15.7 Å². The summed E-state index contributed by atoms with van der Waals surface area (Å²) < 4.78 is 1.72. The predicted octanol–water partition coefficient (Wildman–Crippen LogP) is 0.325. The van der Waals surface area contributed by atoms with Gasteiger partial charge in [-0.3, -0.25) is 14.2 Å². The lowest BCUT2D eigenvalue weighted by molar-refractivity contribution is -0.140. The lowest BCUT2D eigenvalue weighted by Crippen LogP contribution is -2.53. The molecule has 0 radical (unpaired) electrons. The van der Waals surface area contributed by atoms with Crippen LogP contribution in [0.4, 0.5) is 0 Å². The second kappa shape index (κ2) is 5.85. The van der Waals surface area contributed by atoms with Crippen molar-refractivity contribution >= 4 is 11.8 Å². The van der Waals surface area contributed by atoms with E-state index in [-0.39, 0.29) is 31.8 Å². The van der Waals surface area contributed by atoms with Crippen molar-refractivity contribution in [2.24, 2.45) is 5.73 Å². The second-order valence-electron chi connectivity index (χ2n) is 5.67. The number of aliphatic hydroxyl groups is 1. The number of hydrogen-bond donors (Lipinski definition) is 2. The van der Waals surface area contributed by atoms with Crippen molar-refractivity contribution in [1.82, 2.24) is 14.5 Å². The van der Waals surface area contributed by atoms with Crippen molar-refractivity contribution in [3.63, 3.8) is 0 Å². The first kappa shape index (κ1) is 15.2. The van der Waals surface area contributed by atoms with E-state index in [9.17, 15) is 14.7 Å². The molecule has 120 valence electrons. The van der Waals surface area contributed by atoms with Crippen LogP contribution in [0.5, 0.6) is 0 Å². The van der Waals surface area contributed by atoms with Gasteiger partial charge in [0.15, 0.2) is 0 Å². The normalized spacial score (nSPS) is 17.0. The molecule has 0 bridgehead atoms. The van der Waals surface area contributed by atoms with E-state index in [0.29, 0.717) is 5.69 Å². The highest BCUT2D eigenvalue weighted by molar-refractivity contribution is 5.93. The minimum Gasteiger partial charge on any atom is -0.380 e. The molecule has 2 amide bonds. The lowest BCUT2D eigenvalue weighted by Gasteiger charge is -2.36. The van der Waals surface area contributed by atoms with Crippen LogP contribution in [0, 0.1) is 0 Å². The van der Waals surface area contributed by atoms with E-state index >= 15 is 0 Å². The maximum absolute atomic E-state index is 12.7. The van der Waals surface area contributed by atoms with E-state index in [0.717, 1.165) is 5.69 Å². The molecule has 0 atom stereocenters. The van der Waals surface area contributed by atoms with Crippen LogP contribution in [0.15, 0.2) is 42.9 Å². The van der Waals surface area contributed by atoms with Gasteiger partial charge in [-0.25, -0.2) is 4.98 Å². The fourth-order valence-electron chi connectivity index (χ4n) is 2.74. The van der Waals surface area contributed by atoms with Gasteiger partial charge in [-0.15, -0.1) is 0 Å². The first-order chi connectivity index (χ1) is 11.0. The number of para-hydroxylation sites is 1. The molecular formula is C16H18N4O3. The summed E-state index contributed by atoms with van der Waals surface area (Å²) in [7, 11) is 0. The number of rotatable bonds is 3. The molecular weight excluding hydrogens is 296 g/mol. The highest BCUT2D eigenvalue weighted by Gasteiger charge is 2.39. The van der Waals surface area contributed by atoms with Crippen molar-refractivity contribution in [3.8, 4) is 5.69 Å². The molecule has 2 aromatic rings. The third-order valence-electron chi connectivity index (χ3n) is 4.23. The maximum atomic E-state index is 12.7. The molecule has 0 unspecified atom stereocenters. The zero-order valence-electron chi connectivity index (χ0n) is 12.6. The van der Waals surface area contributed by atoms with Crippen molar-refractivity contribution in [2.75, 3.05) is 13.1 Å². The number of benzene rings is 1. The van der Waals surface area contributed by atoms with Crippen molar-refractivity contribution in [1.29, 1.82) is 0 Å². The average molecular weight is 314 g/mol. The average Bonchev–Trinajstić information content (AvgIpc) is 3.05. The molecule has 1 aliphatic heterocycles. The van der Waals surface area contributed by atoms with Gasteiger partial charge in [-0.1, -0.05) is 18.2 Å². The number of amides is 2. The maximum Gasteiger partial charge on any atom is 0.272 e. The number of primary amides is 1. The Bertz CT molecular complexity index is 718. The van der Waals surface area contributed by atoms with Gasteiger partial charge >= 0.3 is 0 Å². The van der Waals surface area contributed by atoms with Crippen LogP contribution in [-0.2, 0) is 4.79 Å². The van der Waals surface area contributed by atoms with Crippen LogP contribution in [0.1, 0.15) is 23.3 Å². The standard InChI is InChI=1S/C16H18N4O3/c17-15(22)16(23)6-8-19(9-7-16)14(21)13-10-18-11-20(13)12-4-2-1-3-5-12/h1-5,10-11,23H,6-9H2,(H2,17,22). The third-order valence-corrected chi connectivity index (χ3v) is 4.23. The van der Waals surface area contributed by atoms with Crippen LogP contribution in [-0.4, -0.2) is 50.1 Å². The van der Waals surface area contributed by atoms with E-state index in [2.05, 4.69) is 4.98 Å². The molecule has 3 N–H and O–H groups in total.